The Hall–Kier alpha value is -0.760. The number of thiophene rings is 1. The molecule has 0 aliphatic heterocycles. The number of hydrazine groups is 1. The summed E-state index contributed by atoms with van der Waals surface area (Å²) in [6, 6.07) is 2.13. The van der Waals surface area contributed by atoms with E-state index < -0.39 is 0 Å². The van der Waals surface area contributed by atoms with Gasteiger partial charge in [0.05, 0.1) is 9.83 Å². The van der Waals surface area contributed by atoms with Gasteiger partial charge in [-0.25, -0.2) is 4.98 Å². The van der Waals surface area contributed by atoms with Gasteiger partial charge in [-0.2, -0.15) is 5.10 Å². The van der Waals surface area contributed by atoms with Gasteiger partial charge >= 0.3 is 0 Å². The van der Waals surface area contributed by atoms with Crippen LogP contribution in [0.2, 0.25) is 0 Å². The molecule has 0 radical (unpaired) electrons. The molecule has 0 saturated carbocycles. The van der Waals surface area contributed by atoms with Crippen molar-refractivity contribution >= 4 is 27.3 Å². The van der Waals surface area contributed by atoms with Gasteiger partial charge < -0.3 is 0 Å². The summed E-state index contributed by atoms with van der Waals surface area (Å²) in [5, 5.41) is 6.24. The van der Waals surface area contributed by atoms with Crippen LogP contribution in [0.4, 0.5) is 0 Å². The van der Waals surface area contributed by atoms with Crippen LogP contribution in [0.25, 0.3) is 0 Å². The summed E-state index contributed by atoms with van der Waals surface area (Å²) >= 11 is 5.10. The lowest BCUT2D eigenvalue weighted by molar-refractivity contribution is 0.511. The van der Waals surface area contributed by atoms with Crippen molar-refractivity contribution < 1.29 is 0 Å². The molecule has 2 aromatic rings. The van der Waals surface area contributed by atoms with E-state index in [-0.39, 0.29) is 6.04 Å². The molecule has 17 heavy (non-hydrogen) atoms. The number of aromatic nitrogens is 3. The monoisotopic (exact) mass is 315 g/mol. The van der Waals surface area contributed by atoms with Gasteiger partial charge in [0.2, 0.25) is 0 Å². The minimum absolute atomic E-state index is 0.0621. The van der Waals surface area contributed by atoms with Gasteiger partial charge in [0, 0.05) is 13.0 Å². The van der Waals surface area contributed by atoms with Crippen LogP contribution in [-0.4, -0.2) is 14.8 Å². The van der Waals surface area contributed by atoms with Crippen molar-refractivity contribution in [1.29, 1.82) is 0 Å². The Morgan fingerprint density at radius 3 is 3.06 bits per heavy atom. The fourth-order valence-electron chi connectivity index (χ4n) is 1.67. The summed E-state index contributed by atoms with van der Waals surface area (Å²) in [5.74, 6) is 6.55. The minimum Gasteiger partial charge on any atom is -0.271 e. The molecule has 3 N–H and O–H groups in total. The van der Waals surface area contributed by atoms with E-state index in [0.717, 1.165) is 28.1 Å². The average molecular weight is 316 g/mol. The molecule has 0 aliphatic rings. The van der Waals surface area contributed by atoms with Crippen molar-refractivity contribution in [2.24, 2.45) is 5.84 Å². The van der Waals surface area contributed by atoms with Crippen molar-refractivity contribution in [3.05, 3.63) is 32.9 Å². The number of hydrogen-bond acceptors (Lipinski definition) is 5. The second-order valence-corrected chi connectivity index (χ2v) is 5.89. The summed E-state index contributed by atoms with van der Waals surface area (Å²) in [6.45, 7) is 2.87. The molecule has 0 fully saturated rings. The predicted molar refractivity (Wildman–Crippen MR) is 71.5 cm³/mol. The quantitative estimate of drug-likeness (QED) is 0.653. The molecule has 0 aromatic carbocycles. The van der Waals surface area contributed by atoms with Gasteiger partial charge in [0.1, 0.15) is 12.2 Å². The molecule has 0 saturated heterocycles. The molecule has 0 spiro atoms. The number of nitrogens with two attached hydrogens (primary N) is 1. The van der Waals surface area contributed by atoms with Gasteiger partial charge in [0.25, 0.3) is 0 Å². The van der Waals surface area contributed by atoms with Crippen molar-refractivity contribution in [2.75, 3.05) is 0 Å². The Balaban J connectivity index is 2.15. The third-order valence-corrected chi connectivity index (χ3v) is 4.10. The van der Waals surface area contributed by atoms with E-state index in [1.165, 1.54) is 0 Å². The number of rotatable bonds is 5. The second-order valence-electron chi connectivity index (χ2n) is 3.60. The molecule has 0 aliphatic carbocycles. The van der Waals surface area contributed by atoms with Crippen LogP contribution < -0.4 is 11.3 Å². The summed E-state index contributed by atoms with van der Waals surface area (Å²) < 4.78 is 2.98. The second kappa shape index (κ2) is 5.72. The molecule has 2 aromatic heterocycles. The van der Waals surface area contributed by atoms with Gasteiger partial charge in [-0.1, -0.05) is 0 Å². The Labute approximate surface area is 112 Å². The Morgan fingerprint density at radius 1 is 1.65 bits per heavy atom. The highest BCUT2D eigenvalue weighted by Gasteiger charge is 2.15. The smallest absolute Gasteiger partial charge is 0.138 e. The fraction of sp³-hybridized carbons (Fsp3) is 0.400. The molecule has 0 amide bonds. The number of nitrogens with one attached hydrogen (secondary N) is 1. The van der Waals surface area contributed by atoms with Crippen LogP contribution in [-0.2, 0) is 13.0 Å². The molecule has 5 nitrogen and oxygen atoms in total. The van der Waals surface area contributed by atoms with Crippen LogP contribution in [0.5, 0.6) is 0 Å². The first-order chi connectivity index (χ1) is 8.24. The third-order valence-electron chi connectivity index (χ3n) is 2.57. The molecule has 7 heteroatoms. The Morgan fingerprint density at radius 2 is 2.47 bits per heavy atom. The highest BCUT2D eigenvalue weighted by molar-refractivity contribution is 9.11. The van der Waals surface area contributed by atoms with E-state index in [2.05, 4.69) is 42.9 Å². The highest BCUT2D eigenvalue weighted by Crippen LogP contribution is 2.26. The normalized spacial score (nSPS) is 12.9. The van der Waals surface area contributed by atoms with Crippen LogP contribution in [0.15, 0.2) is 21.6 Å². The Bertz CT molecular complexity index is 481. The van der Waals surface area contributed by atoms with E-state index >= 15 is 0 Å². The van der Waals surface area contributed by atoms with Gasteiger partial charge in [-0.05, 0) is 39.9 Å². The maximum atomic E-state index is 5.60. The summed E-state index contributed by atoms with van der Waals surface area (Å²) in [4.78, 5) is 4.26. The minimum atomic E-state index is 0.0621. The fourth-order valence-corrected chi connectivity index (χ4v) is 2.90. The van der Waals surface area contributed by atoms with Gasteiger partial charge in [-0.3, -0.25) is 16.0 Å². The zero-order chi connectivity index (χ0) is 12.3. The number of hydrogen-bond donors (Lipinski definition) is 2. The zero-order valence-corrected chi connectivity index (χ0v) is 11.8. The van der Waals surface area contributed by atoms with Crippen molar-refractivity contribution in [3.8, 4) is 0 Å². The standard InChI is InChI=1S/C10H14BrN5S/c1-2-16-10(13-6-14-16)4-8(15-12)7-3-9(11)17-5-7/h3,5-6,8,15H,2,4,12H2,1H3. The molecular weight excluding hydrogens is 302 g/mol. The van der Waals surface area contributed by atoms with E-state index in [1.807, 2.05) is 11.6 Å². The molecule has 0 bridgehead atoms. The zero-order valence-electron chi connectivity index (χ0n) is 9.43. The predicted octanol–water partition coefficient (Wildman–Crippen LogP) is 1.87. The lowest BCUT2D eigenvalue weighted by Crippen LogP contribution is -2.30. The first kappa shape index (κ1) is 12.7. The number of halogens is 1. The van der Waals surface area contributed by atoms with Crippen molar-refractivity contribution in [1.82, 2.24) is 20.2 Å². The van der Waals surface area contributed by atoms with E-state index in [4.69, 9.17) is 5.84 Å². The first-order valence-electron chi connectivity index (χ1n) is 5.31. The lowest BCUT2D eigenvalue weighted by Gasteiger charge is -2.14. The number of nitrogens with zero attached hydrogens (tertiary/aromatic N) is 3. The molecule has 2 heterocycles. The lowest BCUT2D eigenvalue weighted by atomic mass is 10.1. The van der Waals surface area contributed by atoms with Crippen molar-refractivity contribution in [3.63, 3.8) is 0 Å². The van der Waals surface area contributed by atoms with E-state index in [9.17, 15) is 0 Å². The average Bonchev–Trinajstić information content (AvgIpc) is 2.94. The summed E-state index contributed by atoms with van der Waals surface area (Å²) in [5.41, 5.74) is 3.99. The molecule has 1 atom stereocenters. The Kier molecular flexibility index (Phi) is 4.27. The molecule has 92 valence electrons. The number of aryl methyl sites for hydroxylation is 1. The van der Waals surface area contributed by atoms with E-state index in [0.29, 0.717) is 0 Å². The molecular formula is C10H14BrN5S. The van der Waals surface area contributed by atoms with Crippen LogP contribution in [0.1, 0.15) is 24.4 Å². The molecule has 1 unspecified atom stereocenters. The largest absolute Gasteiger partial charge is 0.271 e. The van der Waals surface area contributed by atoms with Gasteiger partial charge in [-0.15, -0.1) is 11.3 Å². The summed E-state index contributed by atoms with van der Waals surface area (Å²) in [7, 11) is 0. The van der Waals surface area contributed by atoms with Crippen LogP contribution >= 0.6 is 27.3 Å². The highest BCUT2D eigenvalue weighted by atomic mass is 79.9. The summed E-state index contributed by atoms with van der Waals surface area (Å²) in [6.07, 6.45) is 2.31. The van der Waals surface area contributed by atoms with Gasteiger partial charge in [0.15, 0.2) is 0 Å². The topological polar surface area (TPSA) is 68.8 Å². The SMILES string of the molecule is CCn1ncnc1CC(NN)c1csc(Br)c1. The van der Waals surface area contributed by atoms with Crippen molar-refractivity contribution in [2.45, 2.75) is 25.9 Å². The van der Waals surface area contributed by atoms with Crippen LogP contribution in [0, 0.1) is 0 Å². The molecule has 2 rings (SSSR count). The van der Waals surface area contributed by atoms with Crippen LogP contribution in [0.3, 0.4) is 0 Å². The maximum Gasteiger partial charge on any atom is 0.138 e. The van der Waals surface area contributed by atoms with E-state index in [1.54, 1.807) is 17.7 Å². The maximum absolute atomic E-state index is 5.60. The third kappa shape index (κ3) is 2.92. The first-order valence-corrected chi connectivity index (χ1v) is 6.98.